The molecule has 0 radical (unpaired) electrons. The normalized spacial score (nSPS) is 12.4. The van der Waals surface area contributed by atoms with Crippen LogP contribution in [0.1, 0.15) is 5.56 Å². The van der Waals surface area contributed by atoms with Gasteiger partial charge in [-0.2, -0.15) is 0 Å². The van der Waals surface area contributed by atoms with Crippen LogP contribution in [0.3, 0.4) is 0 Å². The van der Waals surface area contributed by atoms with E-state index < -0.39 is 0 Å². The monoisotopic (exact) mass is 163 g/mol. The molecule has 1 aromatic carbocycles. The minimum atomic E-state index is -0.354. The lowest BCUT2D eigenvalue weighted by Crippen LogP contribution is -2.37. The Balaban J connectivity index is 2.58. The fourth-order valence-corrected chi connectivity index (χ4v) is 0.978. The van der Waals surface area contributed by atoms with E-state index >= 15 is 0 Å². The second kappa shape index (κ2) is 3.88. The third kappa shape index (κ3) is 2.36. The predicted molar refractivity (Wildman–Crippen MR) is 50.0 cm³/mol. The van der Waals surface area contributed by atoms with Gasteiger partial charge in [0, 0.05) is 0 Å². The summed E-state index contributed by atoms with van der Waals surface area (Å²) < 4.78 is 0. The van der Waals surface area contributed by atoms with Crippen LogP contribution in [-0.2, 0) is 6.42 Å². The van der Waals surface area contributed by atoms with Crippen LogP contribution in [0.4, 0.5) is 0 Å². The highest BCUT2D eigenvalue weighted by Crippen LogP contribution is 2.00. The molecule has 0 aromatic heterocycles. The van der Waals surface area contributed by atoms with Crippen LogP contribution in [0, 0.1) is 5.41 Å². The Kier molecular flexibility index (Phi) is 2.82. The van der Waals surface area contributed by atoms with Crippen molar-refractivity contribution in [3.8, 4) is 0 Å². The molecule has 0 amide bonds. The van der Waals surface area contributed by atoms with Gasteiger partial charge in [-0.05, 0) is 12.0 Å². The molecule has 12 heavy (non-hydrogen) atoms. The lowest BCUT2D eigenvalue weighted by Gasteiger charge is -2.08. The molecule has 1 aromatic rings. The van der Waals surface area contributed by atoms with Gasteiger partial charge in [-0.3, -0.25) is 5.41 Å². The van der Waals surface area contributed by atoms with Crippen LogP contribution in [0.2, 0.25) is 0 Å². The first-order valence-corrected chi connectivity index (χ1v) is 3.83. The molecule has 64 valence electrons. The number of hydrogen-bond acceptors (Lipinski definition) is 2. The van der Waals surface area contributed by atoms with Crippen LogP contribution in [-0.4, -0.2) is 11.9 Å². The van der Waals surface area contributed by atoms with Gasteiger partial charge < -0.3 is 11.5 Å². The summed E-state index contributed by atoms with van der Waals surface area (Å²) in [4.78, 5) is 0. The molecule has 1 rings (SSSR count). The summed E-state index contributed by atoms with van der Waals surface area (Å²) in [5.74, 6) is 0.0406. The molecule has 0 spiro atoms. The molecule has 1 atom stereocenters. The number of rotatable bonds is 3. The lowest BCUT2D eigenvalue weighted by molar-refractivity contribution is 0.835. The largest absolute Gasteiger partial charge is 0.386 e. The van der Waals surface area contributed by atoms with Crippen molar-refractivity contribution < 1.29 is 0 Å². The summed E-state index contributed by atoms with van der Waals surface area (Å²) in [5.41, 5.74) is 12.0. The van der Waals surface area contributed by atoms with Crippen LogP contribution in [0.15, 0.2) is 30.3 Å². The lowest BCUT2D eigenvalue weighted by atomic mass is 10.1. The van der Waals surface area contributed by atoms with Gasteiger partial charge in [0.05, 0.1) is 6.04 Å². The van der Waals surface area contributed by atoms with Gasteiger partial charge in [0.1, 0.15) is 5.84 Å². The molecule has 1 unspecified atom stereocenters. The second-order valence-corrected chi connectivity index (χ2v) is 2.75. The topological polar surface area (TPSA) is 75.9 Å². The number of hydrogen-bond donors (Lipinski definition) is 3. The molecule has 0 saturated heterocycles. The molecule has 0 bridgehead atoms. The minimum Gasteiger partial charge on any atom is -0.386 e. The average molecular weight is 163 g/mol. The van der Waals surface area contributed by atoms with E-state index in [1.165, 1.54) is 0 Å². The summed E-state index contributed by atoms with van der Waals surface area (Å²) in [7, 11) is 0. The number of nitrogens with one attached hydrogen (secondary N) is 1. The Labute approximate surface area is 71.9 Å². The maximum absolute atomic E-state index is 7.10. The smallest absolute Gasteiger partial charge is 0.108 e. The molecule has 0 heterocycles. The molecular weight excluding hydrogens is 150 g/mol. The van der Waals surface area contributed by atoms with E-state index in [-0.39, 0.29) is 11.9 Å². The van der Waals surface area contributed by atoms with E-state index in [2.05, 4.69) is 0 Å². The van der Waals surface area contributed by atoms with Gasteiger partial charge in [0.25, 0.3) is 0 Å². The van der Waals surface area contributed by atoms with Crippen LogP contribution >= 0.6 is 0 Å². The molecule has 0 aliphatic rings. The van der Waals surface area contributed by atoms with Crippen LogP contribution < -0.4 is 11.5 Å². The van der Waals surface area contributed by atoms with Crippen molar-refractivity contribution in [2.45, 2.75) is 12.5 Å². The molecule has 0 saturated carbocycles. The van der Waals surface area contributed by atoms with E-state index in [0.717, 1.165) is 5.56 Å². The Hall–Kier alpha value is -1.35. The maximum atomic E-state index is 7.10. The van der Waals surface area contributed by atoms with Crippen molar-refractivity contribution in [2.75, 3.05) is 0 Å². The number of amidine groups is 1. The fraction of sp³-hybridized carbons (Fsp3) is 0.222. The molecule has 0 aliphatic heterocycles. The van der Waals surface area contributed by atoms with Crippen molar-refractivity contribution in [1.82, 2.24) is 0 Å². The highest BCUT2D eigenvalue weighted by Gasteiger charge is 2.05. The first-order chi connectivity index (χ1) is 5.70. The van der Waals surface area contributed by atoms with Crippen molar-refractivity contribution >= 4 is 5.84 Å². The minimum absolute atomic E-state index is 0.0406. The van der Waals surface area contributed by atoms with E-state index in [1.54, 1.807) is 0 Å². The summed E-state index contributed by atoms with van der Waals surface area (Å²) in [6.07, 6.45) is 0.635. The van der Waals surface area contributed by atoms with E-state index in [0.29, 0.717) is 6.42 Å². The summed E-state index contributed by atoms with van der Waals surface area (Å²) >= 11 is 0. The summed E-state index contributed by atoms with van der Waals surface area (Å²) in [6, 6.07) is 9.44. The molecular formula is C9H13N3. The van der Waals surface area contributed by atoms with Crippen LogP contribution in [0.5, 0.6) is 0 Å². The highest BCUT2D eigenvalue weighted by molar-refractivity contribution is 5.82. The third-order valence-electron chi connectivity index (χ3n) is 1.70. The Morgan fingerprint density at radius 3 is 2.42 bits per heavy atom. The van der Waals surface area contributed by atoms with Gasteiger partial charge in [0.15, 0.2) is 0 Å². The van der Waals surface area contributed by atoms with Gasteiger partial charge >= 0.3 is 0 Å². The zero-order valence-electron chi connectivity index (χ0n) is 6.83. The fourth-order valence-electron chi connectivity index (χ4n) is 0.978. The molecule has 3 nitrogen and oxygen atoms in total. The summed E-state index contributed by atoms with van der Waals surface area (Å²) in [6.45, 7) is 0. The van der Waals surface area contributed by atoms with Crippen molar-refractivity contribution in [3.63, 3.8) is 0 Å². The van der Waals surface area contributed by atoms with E-state index in [4.69, 9.17) is 16.9 Å². The Morgan fingerprint density at radius 1 is 1.33 bits per heavy atom. The van der Waals surface area contributed by atoms with Gasteiger partial charge in [-0.15, -0.1) is 0 Å². The quantitative estimate of drug-likeness (QED) is 0.448. The SMILES string of the molecule is N=C(N)C(N)Cc1ccccc1. The first-order valence-electron chi connectivity index (χ1n) is 3.83. The van der Waals surface area contributed by atoms with Gasteiger partial charge in [-0.25, -0.2) is 0 Å². The van der Waals surface area contributed by atoms with Crippen LogP contribution in [0.25, 0.3) is 0 Å². The zero-order chi connectivity index (χ0) is 8.97. The Morgan fingerprint density at radius 2 is 1.92 bits per heavy atom. The Bertz CT molecular complexity index is 256. The maximum Gasteiger partial charge on any atom is 0.108 e. The second-order valence-electron chi connectivity index (χ2n) is 2.75. The average Bonchev–Trinajstić information content (AvgIpc) is 2.06. The third-order valence-corrected chi connectivity index (χ3v) is 1.70. The molecule has 0 fully saturated rings. The standard InChI is InChI=1S/C9H13N3/c10-8(9(11)12)6-7-4-2-1-3-5-7/h1-5,8H,6,10H2,(H3,11,12). The van der Waals surface area contributed by atoms with E-state index in [1.807, 2.05) is 30.3 Å². The molecule has 3 heteroatoms. The van der Waals surface area contributed by atoms with E-state index in [9.17, 15) is 0 Å². The van der Waals surface area contributed by atoms with Crippen molar-refractivity contribution in [3.05, 3.63) is 35.9 Å². The van der Waals surface area contributed by atoms with Crippen molar-refractivity contribution in [2.24, 2.45) is 11.5 Å². The number of benzene rings is 1. The molecule has 0 aliphatic carbocycles. The first kappa shape index (κ1) is 8.74. The highest BCUT2D eigenvalue weighted by atomic mass is 14.8. The van der Waals surface area contributed by atoms with Gasteiger partial charge in [0.2, 0.25) is 0 Å². The summed E-state index contributed by atoms with van der Waals surface area (Å²) in [5, 5.41) is 7.10. The van der Waals surface area contributed by atoms with Gasteiger partial charge in [-0.1, -0.05) is 30.3 Å². The zero-order valence-corrected chi connectivity index (χ0v) is 6.83. The predicted octanol–water partition coefficient (Wildman–Crippen LogP) is 0.492. The molecule has 5 N–H and O–H groups in total. The number of nitrogens with two attached hydrogens (primary N) is 2. The van der Waals surface area contributed by atoms with Crippen molar-refractivity contribution in [1.29, 1.82) is 5.41 Å².